The molecular weight excluding hydrogens is 432 g/mol. The SMILES string of the molecule is Cn1nc(Br)c2c(N3CCN(S(=O)(=O)Cc4ccccc4)CC3)ncnc21. The third-order valence-electron chi connectivity index (χ3n) is 4.68. The molecular formula is C17H19BrN6O2S. The predicted octanol–water partition coefficient (Wildman–Crippen LogP) is 1.78. The minimum Gasteiger partial charge on any atom is -0.353 e. The fourth-order valence-electron chi connectivity index (χ4n) is 3.32. The first-order chi connectivity index (χ1) is 13.0. The standard InChI is InChI=1S/C17H19BrN6O2S/c1-22-16-14(15(18)21-22)17(20-12-19-16)23-7-9-24(10-8-23)27(25,26)11-13-5-3-2-4-6-13/h2-6,12H,7-11H2,1H3. The number of rotatable bonds is 4. The van der Waals surface area contributed by atoms with Crippen molar-refractivity contribution in [2.24, 2.45) is 7.05 Å². The third kappa shape index (κ3) is 3.56. The van der Waals surface area contributed by atoms with E-state index in [2.05, 4.69) is 35.9 Å². The number of aromatic nitrogens is 4. The molecule has 0 N–H and O–H groups in total. The minimum absolute atomic E-state index is 0.0275. The van der Waals surface area contributed by atoms with Crippen LogP contribution < -0.4 is 4.90 Å². The van der Waals surface area contributed by atoms with Crippen molar-refractivity contribution in [3.8, 4) is 0 Å². The molecule has 27 heavy (non-hydrogen) atoms. The Kier molecular flexibility index (Phi) is 4.87. The number of fused-ring (bicyclic) bond motifs is 1. The molecule has 3 aromatic rings. The van der Waals surface area contributed by atoms with Gasteiger partial charge in [0.2, 0.25) is 10.0 Å². The number of piperazine rings is 1. The monoisotopic (exact) mass is 450 g/mol. The lowest BCUT2D eigenvalue weighted by Gasteiger charge is -2.34. The lowest BCUT2D eigenvalue weighted by Crippen LogP contribution is -2.49. The van der Waals surface area contributed by atoms with Crippen LogP contribution in [-0.4, -0.2) is 58.7 Å². The Hall–Kier alpha value is -2.04. The van der Waals surface area contributed by atoms with E-state index in [1.165, 1.54) is 6.33 Å². The van der Waals surface area contributed by atoms with Gasteiger partial charge in [0.15, 0.2) is 5.65 Å². The number of sulfonamides is 1. The van der Waals surface area contributed by atoms with Gasteiger partial charge in [-0.1, -0.05) is 30.3 Å². The van der Waals surface area contributed by atoms with Gasteiger partial charge in [0, 0.05) is 33.2 Å². The second kappa shape index (κ2) is 7.17. The van der Waals surface area contributed by atoms with Gasteiger partial charge in [-0.25, -0.2) is 23.1 Å². The predicted molar refractivity (Wildman–Crippen MR) is 107 cm³/mol. The smallest absolute Gasteiger partial charge is 0.218 e. The molecule has 8 nitrogen and oxygen atoms in total. The zero-order valence-electron chi connectivity index (χ0n) is 14.8. The third-order valence-corrected chi connectivity index (χ3v) is 7.09. The van der Waals surface area contributed by atoms with Crippen molar-refractivity contribution in [3.05, 3.63) is 46.8 Å². The zero-order valence-corrected chi connectivity index (χ0v) is 17.2. The number of benzene rings is 1. The van der Waals surface area contributed by atoms with Crippen molar-refractivity contribution in [2.75, 3.05) is 31.1 Å². The summed E-state index contributed by atoms with van der Waals surface area (Å²) in [6, 6.07) is 9.27. The second-order valence-corrected chi connectivity index (χ2v) is 9.16. The van der Waals surface area contributed by atoms with E-state index < -0.39 is 10.0 Å². The first kappa shape index (κ1) is 18.3. The molecule has 1 fully saturated rings. The highest BCUT2D eigenvalue weighted by Crippen LogP contribution is 2.30. The van der Waals surface area contributed by atoms with Crippen LogP contribution in [0.1, 0.15) is 5.56 Å². The Bertz CT molecular complexity index is 1060. The first-order valence-electron chi connectivity index (χ1n) is 8.55. The van der Waals surface area contributed by atoms with Crippen LogP contribution in [0.25, 0.3) is 11.0 Å². The molecule has 142 valence electrons. The molecule has 1 aromatic carbocycles. The minimum atomic E-state index is -3.34. The maximum Gasteiger partial charge on any atom is 0.218 e. The van der Waals surface area contributed by atoms with Crippen molar-refractivity contribution >= 4 is 42.8 Å². The average Bonchev–Trinajstić information content (AvgIpc) is 2.97. The molecule has 10 heteroatoms. The van der Waals surface area contributed by atoms with Crippen LogP contribution in [0.3, 0.4) is 0 Å². The van der Waals surface area contributed by atoms with Gasteiger partial charge in [0.25, 0.3) is 0 Å². The highest BCUT2D eigenvalue weighted by molar-refractivity contribution is 9.10. The Morgan fingerprint density at radius 2 is 1.78 bits per heavy atom. The maximum absolute atomic E-state index is 12.7. The molecule has 0 saturated carbocycles. The molecule has 1 aliphatic rings. The van der Waals surface area contributed by atoms with Crippen LogP contribution in [0, 0.1) is 0 Å². The Balaban J connectivity index is 1.51. The molecule has 1 saturated heterocycles. The van der Waals surface area contributed by atoms with Gasteiger partial charge in [-0.15, -0.1) is 0 Å². The summed E-state index contributed by atoms with van der Waals surface area (Å²) in [6.07, 6.45) is 1.52. The molecule has 0 unspecified atom stereocenters. The van der Waals surface area contributed by atoms with Crippen molar-refractivity contribution < 1.29 is 8.42 Å². The Labute approximate surface area is 166 Å². The van der Waals surface area contributed by atoms with Crippen molar-refractivity contribution in [2.45, 2.75) is 5.75 Å². The summed E-state index contributed by atoms with van der Waals surface area (Å²) in [7, 11) is -1.51. The van der Waals surface area contributed by atoms with E-state index in [4.69, 9.17) is 0 Å². The fraction of sp³-hybridized carbons (Fsp3) is 0.353. The molecule has 0 radical (unpaired) electrons. The summed E-state index contributed by atoms with van der Waals surface area (Å²) in [5.74, 6) is 0.805. The van der Waals surface area contributed by atoms with Gasteiger partial charge >= 0.3 is 0 Å². The van der Waals surface area contributed by atoms with E-state index >= 15 is 0 Å². The highest BCUT2D eigenvalue weighted by atomic mass is 79.9. The number of anilines is 1. The van der Waals surface area contributed by atoms with E-state index in [-0.39, 0.29) is 5.75 Å². The van der Waals surface area contributed by atoms with Crippen LogP contribution in [-0.2, 0) is 22.8 Å². The molecule has 0 atom stereocenters. The van der Waals surface area contributed by atoms with Crippen molar-refractivity contribution in [3.63, 3.8) is 0 Å². The molecule has 0 spiro atoms. The molecule has 2 aromatic heterocycles. The van der Waals surface area contributed by atoms with Crippen molar-refractivity contribution in [1.29, 1.82) is 0 Å². The average molecular weight is 451 g/mol. The van der Waals surface area contributed by atoms with Crippen LogP contribution in [0.5, 0.6) is 0 Å². The fourth-order valence-corrected chi connectivity index (χ4v) is 5.43. The largest absolute Gasteiger partial charge is 0.353 e. The van der Waals surface area contributed by atoms with E-state index in [1.807, 2.05) is 37.4 Å². The van der Waals surface area contributed by atoms with Crippen LogP contribution in [0.4, 0.5) is 5.82 Å². The van der Waals surface area contributed by atoms with Gasteiger partial charge in [0.1, 0.15) is 16.7 Å². The van der Waals surface area contributed by atoms with E-state index in [0.29, 0.717) is 30.8 Å². The number of aryl methyl sites for hydroxylation is 1. The molecule has 1 aliphatic heterocycles. The number of nitrogens with zero attached hydrogens (tertiary/aromatic N) is 6. The summed E-state index contributed by atoms with van der Waals surface area (Å²) >= 11 is 3.47. The van der Waals surface area contributed by atoms with Crippen LogP contribution in [0.2, 0.25) is 0 Å². The van der Waals surface area contributed by atoms with Gasteiger partial charge < -0.3 is 4.90 Å². The molecule has 0 aliphatic carbocycles. The molecule has 3 heterocycles. The van der Waals surface area contributed by atoms with Gasteiger partial charge in [-0.3, -0.25) is 0 Å². The summed E-state index contributed by atoms with van der Waals surface area (Å²) < 4.78 is 29.4. The Morgan fingerprint density at radius 1 is 1.07 bits per heavy atom. The molecule has 0 amide bonds. The molecule has 0 bridgehead atoms. The van der Waals surface area contributed by atoms with E-state index in [1.54, 1.807) is 8.99 Å². The highest BCUT2D eigenvalue weighted by Gasteiger charge is 2.29. The number of halogens is 1. The maximum atomic E-state index is 12.7. The van der Waals surface area contributed by atoms with Gasteiger partial charge in [-0.2, -0.15) is 9.40 Å². The van der Waals surface area contributed by atoms with Crippen LogP contribution in [0.15, 0.2) is 41.3 Å². The second-order valence-electron chi connectivity index (χ2n) is 6.44. The summed E-state index contributed by atoms with van der Waals surface area (Å²) in [6.45, 7) is 2.00. The number of hydrogen-bond donors (Lipinski definition) is 0. The van der Waals surface area contributed by atoms with Gasteiger partial charge in [0.05, 0.1) is 11.1 Å². The lowest BCUT2D eigenvalue weighted by molar-refractivity contribution is 0.383. The summed E-state index contributed by atoms with van der Waals surface area (Å²) in [5, 5.41) is 5.19. The lowest BCUT2D eigenvalue weighted by atomic mass is 10.2. The Morgan fingerprint density at radius 3 is 2.48 bits per heavy atom. The first-order valence-corrected chi connectivity index (χ1v) is 11.0. The molecule has 4 rings (SSSR count). The van der Waals surface area contributed by atoms with E-state index in [9.17, 15) is 8.42 Å². The van der Waals surface area contributed by atoms with E-state index in [0.717, 1.165) is 22.4 Å². The summed E-state index contributed by atoms with van der Waals surface area (Å²) in [5.41, 5.74) is 1.54. The topological polar surface area (TPSA) is 84.2 Å². The normalized spacial score (nSPS) is 16.1. The van der Waals surface area contributed by atoms with Gasteiger partial charge in [-0.05, 0) is 21.5 Å². The summed E-state index contributed by atoms with van der Waals surface area (Å²) in [4.78, 5) is 10.8. The number of hydrogen-bond acceptors (Lipinski definition) is 6. The van der Waals surface area contributed by atoms with Crippen LogP contribution >= 0.6 is 15.9 Å². The quantitative estimate of drug-likeness (QED) is 0.602. The zero-order chi connectivity index (χ0) is 19.0. The van der Waals surface area contributed by atoms with Crippen molar-refractivity contribution in [1.82, 2.24) is 24.1 Å².